The molecule has 0 radical (unpaired) electrons. The van der Waals surface area contributed by atoms with Crippen molar-refractivity contribution in [3.05, 3.63) is 60.2 Å². The van der Waals surface area contributed by atoms with Gasteiger partial charge in [-0.25, -0.2) is 13.8 Å². The number of piperidine rings is 1. The van der Waals surface area contributed by atoms with Gasteiger partial charge in [0.25, 0.3) is 0 Å². The second kappa shape index (κ2) is 13.1. The lowest BCUT2D eigenvalue weighted by Crippen LogP contribution is -2.42. The SMILES string of the molecule is COc1ccc2nccc(C(F)CC[C@@H]3CCN(CCCSc4ncccc4F)C[C@@H]3CC(=O)O)c2c1. The predicted molar refractivity (Wildman–Crippen MR) is 141 cm³/mol. The van der Waals surface area contributed by atoms with Crippen LogP contribution in [0.4, 0.5) is 8.78 Å². The van der Waals surface area contributed by atoms with Crippen molar-refractivity contribution < 1.29 is 23.4 Å². The van der Waals surface area contributed by atoms with Gasteiger partial charge in [-0.2, -0.15) is 0 Å². The van der Waals surface area contributed by atoms with Gasteiger partial charge in [-0.1, -0.05) is 0 Å². The van der Waals surface area contributed by atoms with E-state index in [9.17, 15) is 14.3 Å². The van der Waals surface area contributed by atoms with Crippen LogP contribution in [0.2, 0.25) is 0 Å². The van der Waals surface area contributed by atoms with Crippen molar-refractivity contribution in [1.29, 1.82) is 0 Å². The van der Waals surface area contributed by atoms with Crippen molar-refractivity contribution in [2.45, 2.75) is 43.3 Å². The number of methoxy groups -OCH3 is 1. The number of aliphatic carboxylic acids is 1. The van der Waals surface area contributed by atoms with Crippen LogP contribution >= 0.6 is 11.8 Å². The smallest absolute Gasteiger partial charge is 0.303 e. The lowest BCUT2D eigenvalue weighted by Gasteiger charge is -2.38. The molecular weight excluding hydrogens is 496 g/mol. The zero-order valence-corrected chi connectivity index (χ0v) is 21.8. The Bertz CT molecular complexity index is 1200. The molecule has 2 aromatic heterocycles. The number of ether oxygens (including phenoxy) is 1. The minimum atomic E-state index is -1.16. The molecule has 1 unspecified atom stereocenters. The van der Waals surface area contributed by atoms with Gasteiger partial charge in [0.1, 0.15) is 16.9 Å². The number of carbonyl (C=O) groups is 1. The maximum atomic E-state index is 15.5. The minimum absolute atomic E-state index is 0.0198. The van der Waals surface area contributed by atoms with Crippen LogP contribution in [0.15, 0.2) is 53.8 Å². The topological polar surface area (TPSA) is 75.5 Å². The van der Waals surface area contributed by atoms with E-state index in [4.69, 9.17) is 4.74 Å². The Morgan fingerprint density at radius 1 is 1.24 bits per heavy atom. The Labute approximate surface area is 220 Å². The third-order valence-corrected chi connectivity index (χ3v) is 8.17. The molecule has 0 saturated carbocycles. The zero-order chi connectivity index (χ0) is 26.2. The average Bonchev–Trinajstić information content (AvgIpc) is 2.90. The van der Waals surface area contributed by atoms with Gasteiger partial charge >= 0.3 is 5.97 Å². The van der Waals surface area contributed by atoms with E-state index >= 15 is 4.39 Å². The molecule has 198 valence electrons. The number of rotatable bonds is 12. The van der Waals surface area contributed by atoms with Crippen molar-refractivity contribution in [2.75, 3.05) is 32.5 Å². The summed E-state index contributed by atoms with van der Waals surface area (Å²) in [5.74, 6) is 0.415. The molecule has 1 saturated heterocycles. The molecule has 6 nitrogen and oxygen atoms in total. The Morgan fingerprint density at radius 2 is 2.11 bits per heavy atom. The number of carboxylic acid groups (broad SMARTS) is 1. The summed E-state index contributed by atoms with van der Waals surface area (Å²) in [7, 11) is 1.58. The van der Waals surface area contributed by atoms with E-state index in [1.54, 1.807) is 31.6 Å². The van der Waals surface area contributed by atoms with Crippen molar-refractivity contribution in [3.63, 3.8) is 0 Å². The maximum absolute atomic E-state index is 15.5. The molecule has 3 atom stereocenters. The van der Waals surface area contributed by atoms with Gasteiger partial charge in [-0.05, 0) is 92.6 Å². The van der Waals surface area contributed by atoms with Gasteiger partial charge in [0.2, 0.25) is 0 Å². The fraction of sp³-hybridized carbons (Fsp3) is 0.464. The van der Waals surface area contributed by atoms with Crippen molar-refractivity contribution in [1.82, 2.24) is 14.9 Å². The standard InChI is InChI=1S/C28H33F2N3O3S/c1-36-21-6-8-26-23(17-21)22(9-12-31-26)24(29)7-5-19-10-14-33(18-20(19)16-27(34)35)13-3-15-37-28-25(30)4-2-11-32-28/h2,4,6,8-9,11-12,17,19-20,24H,3,5,7,10,13-16,18H2,1H3,(H,34,35)/t19-,20+,24?/m1/s1. The summed E-state index contributed by atoms with van der Waals surface area (Å²) in [5, 5.41) is 10.7. The number of halogens is 2. The number of nitrogens with zero attached hydrogens (tertiary/aromatic N) is 3. The molecule has 3 heterocycles. The highest BCUT2D eigenvalue weighted by Gasteiger charge is 2.31. The van der Waals surface area contributed by atoms with Crippen molar-refractivity contribution in [3.8, 4) is 5.75 Å². The second-order valence-electron chi connectivity index (χ2n) is 9.53. The molecule has 9 heteroatoms. The number of likely N-dealkylation sites (tertiary alicyclic amines) is 1. The molecule has 1 aromatic carbocycles. The molecule has 1 aliphatic heterocycles. The Morgan fingerprint density at radius 3 is 2.89 bits per heavy atom. The number of fused-ring (bicyclic) bond motifs is 1. The van der Waals surface area contributed by atoms with E-state index in [0.29, 0.717) is 35.7 Å². The van der Waals surface area contributed by atoms with Crippen LogP contribution in [0.3, 0.4) is 0 Å². The summed E-state index contributed by atoms with van der Waals surface area (Å²) >= 11 is 1.40. The number of hydrogen-bond donors (Lipinski definition) is 1. The first-order valence-corrected chi connectivity index (χ1v) is 13.7. The van der Waals surface area contributed by atoms with E-state index in [1.807, 2.05) is 18.2 Å². The molecule has 1 aliphatic rings. The van der Waals surface area contributed by atoms with E-state index in [2.05, 4.69) is 14.9 Å². The number of alkyl halides is 1. The summed E-state index contributed by atoms with van der Waals surface area (Å²) in [6.07, 6.45) is 4.81. The van der Waals surface area contributed by atoms with Gasteiger partial charge in [0.15, 0.2) is 5.82 Å². The molecule has 0 spiro atoms. The van der Waals surface area contributed by atoms with E-state index in [0.717, 1.165) is 42.6 Å². The van der Waals surface area contributed by atoms with Crippen LogP contribution in [0.1, 0.15) is 43.8 Å². The number of pyridine rings is 2. The van der Waals surface area contributed by atoms with Crippen LogP contribution < -0.4 is 4.74 Å². The minimum Gasteiger partial charge on any atom is -0.497 e. The quantitative estimate of drug-likeness (QED) is 0.222. The number of hydrogen-bond acceptors (Lipinski definition) is 6. The van der Waals surface area contributed by atoms with Crippen LogP contribution in [0.25, 0.3) is 10.9 Å². The van der Waals surface area contributed by atoms with E-state index in [1.165, 1.54) is 17.8 Å². The first kappa shape index (κ1) is 27.3. The summed E-state index contributed by atoms with van der Waals surface area (Å²) in [5.41, 5.74) is 1.32. The monoisotopic (exact) mass is 529 g/mol. The first-order valence-electron chi connectivity index (χ1n) is 12.7. The molecule has 1 fully saturated rings. The maximum Gasteiger partial charge on any atom is 0.303 e. The highest BCUT2D eigenvalue weighted by molar-refractivity contribution is 7.99. The molecule has 0 amide bonds. The van der Waals surface area contributed by atoms with Gasteiger partial charge in [0, 0.05) is 36.5 Å². The van der Waals surface area contributed by atoms with Crippen LogP contribution in [0.5, 0.6) is 5.75 Å². The number of thioether (sulfide) groups is 1. The van der Waals surface area contributed by atoms with Gasteiger partial charge in [-0.3, -0.25) is 9.78 Å². The summed E-state index contributed by atoms with van der Waals surface area (Å²) < 4.78 is 34.5. The fourth-order valence-corrected chi connectivity index (χ4v) is 6.00. The lowest BCUT2D eigenvalue weighted by molar-refractivity contribution is -0.139. The summed E-state index contributed by atoms with van der Waals surface area (Å²) in [6, 6.07) is 10.2. The number of carboxylic acids is 1. The second-order valence-corrected chi connectivity index (χ2v) is 10.6. The third kappa shape index (κ3) is 7.38. The highest BCUT2D eigenvalue weighted by atomic mass is 32.2. The Balaban J connectivity index is 1.31. The predicted octanol–water partition coefficient (Wildman–Crippen LogP) is 6.16. The van der Waals surface area contributed by atoms with Gasteiger partial charge in [0.05, 0.1) is 12.6 Å². The molecular formula is C28H33F2N3O3S. The highest BCUT2D eigenvalue weighted by Crippen LogP contribution is 2.36. The molecule has 0 aliphatic carbocycles. The van der Waals surface area contributed by atoms with Crippen LogP contribution in [-0.4, -0.2) is 58.4 Å². The number of aromatic nitrogens is 2. The molecule has 4 rings (SSSR count). The van der Waals surface area contributed by atoms with Crippen molar-refractivity contribution in [2.24, 2.45) is 11.8 Å². The van der Waals surface area contributed by atoms with E-state index < -0.39 is 12.1 Å². The normalized spacial score (nSPS) is 19.1. The van der Waals surface area contributed by atoms with Crippen LogP contribution in [0, 0.1) is 17.7 Å². The average molecular weight is 530 g/mol. The van der Waals surface area contributed by atoms with Gasteiger partial charge in [-0.15, -0.1) is 11.8 Å². The lowest BCUT2D eigenvalue weighted by atomic mass is 9.79. The summed E-state index contributed by atoms with van der Waals surface area (Å²) in [4.78, 5) is 22.3. The third-order valence-electron chi connectivity index (χ3n) is 7.11. The van der Waals surface area contributed by atoms with Gasteiger partial charge < -0.3 is 14.7 Å². The molecule has 0 bridgehead atoms. The molecule has 3 aromatic rings. The number of benzene rings is 1. The Hall–Kier alpha value is -2.78. The largest absolute Gasteiger partial charge is 0.497 e. The first-order chi connectivity index (χ1) is 17.9. The van der Waals surface area contributed by atoms with E-state index in [-0.39, 0.29) is 24.1 Å². The summed E-state index contributed by atoms with van der Waals surface area (Å²) in [6.45, 7) is 2.36. The Kier molecular flexibility index (Phi) is 9.68. The fourth-order valence-electron chi connectivity index (χ4n) is 5.19. The molecule has 1 N–H and O–H groups in total. The zero-order valence-electron chi connectivity index (χ0n) is 21.0. The van der Waals surface area contributed by atoms with Crippen molar-refractivity contribution >= 4 is 28.6 Å². The molecule has 37 heavy (non-hydrogen) atoms. The van der Waals surface area contributed by atoms with Crippen LogP contribution in [-0.2, 0) is 4.79 Å².